The molecule has 0 radical (unpaired) electrons. The molecule has 1 N–H and O–H groups in total. The highest BCUT2D eigenvalue weighted by Gasteiger charge is 2.17. The predicted octanol–water partition coefficient (Wildman–Crippen LogP) is 2.93. The van der Waals surface area contributed by atoms with Crippen molar-refractivity contribution in [1.82, 2.24) is 19.9 Å². The van der Waals surface area contributed by atoms with Crippen LogP contribution in [0.3, 0.4) is 0 Å². The summed E-state index contributed by atoms with van der Waals surface area (Å²) < 4.78 is 5.26. The van der Waals surface area contributed by atoms with E-state index < -0.39 is 0 Å². The zero-order valence-electron chi connectivity index (χ0n) is 13.7. The molecule has 1 aliphatic heterocycles. The van der Waals surface area contributed by atoms with Gasteiger partial charge < -0.3 is 9.64 Å². The van der Waals surface area contributed by atoms with Crippen LogP contribution in [-0.2, 0) is 4.74 Å². The molecule has 0 aliphatic carbocycles. The molecule has 3 aromatic heterocycles. The van der Waals surface area contributed by atoms with Crippen LogP contribution in [0, 0.1) is 6.92 Å². The molecular weight excluding hydrogens is 338 g/mol. The average Bonchev–Trinajstić information content (AvgIpc) is 3.08. The molecule has 0 saturated carbocycles. The highest BCUT2D eigenvalue weighted by molar-refractivity contribution is 7.15. The van der Waals surface area contributed by atoms with Gasteiger partial charge >= 0.3 is 6.03 Å². The molecule has 1 fully saturated rings. The monoisotopic (exact) mass is 355 g/mol. The second kappa shape index (κ2) is 6.73. The molecule has 8 heteroatoms. The Morgan fingerprint density at radius 3 is 2.84 bits per heavy atom. The third kappa shape index (κ3) is 3.45. The van der Waals surface area contributed by atoms with E-state index in [1.807, 2.05) is 25.3 Å². The number of nitrogens with zero attached hydrogens (tertiary/aromatic N) is 4. The van der Waals surface area contributed by atoms with Crippen molar-refractivity contribution >= 4 is 34.1 Å². The number of carbonyl (C=O) groups excluding carboxylic acids is 1. The standard InChI is InChI=1S/C17H17N5O2S/c1-11-18-10-15(25-11)13-3-2-12-9-19-16(8-14(12)20-13)21-17(23)22-4-6-24-7-5-22/h2-3,8-10H,4-7H2,1H3,(H,19,21,23). The smallest absolute Gasteiger partial charge is 0.323 e. The van der Waals surface area contributed by atoms with E-state index in [4.69, 9.17) is 4.74 Å². The van der Waals surface area contributed by atoms with Crippen LogP contribution in [0.2, 0.25) is 0 Å². The van der Waals surface area contributed by atoms with Crippen LogP contribution in [-0.4, -0.2) is 52.2 Å². The van der Waals surface area contributed by atoms with E-state index in [2.05, 4.69) is 20.3 Å². The summed E-state index contributed by atoms with van der Waals surface area (Å²) in [5, 5.41) is 4.77. The summed E-state index contributed by atoms with van der Waals surface area (Å²) in [5.74, 6) is 0.495. The Morgan fingerprint density at radius 2 is 2.08 bits per heavy atom. The topological polar surface area (TPSA) is 80.2 Å². The van der Waals surface area contributed by atoms with Crippen molar-refractivity contribution in [3.8, 4) is 10.6 Å². The first-order valence-corrected chi connectivity index (χ1v) is 8.84. The van der Waals surface area contributed by atoms with Gasteiger partial charge in [-0.3, -0.25) is 5.32 Å². The van der Waals surface area contributed by atoms with Gasteiger partial charge in [0.1, 0.15) is 5.82 Å². The fourth-order valence-electron chi connectivity index (χ4n) is 2.66. The molecule has 0 bridgehead atoms. The van der Waals surface area contributed by atoms with Gasteiger partial charge in [0.15, 0.2) is 0 Å². The lowest BCUT2D eigenvalue weighted by molar-refractivity contribution is 0.0564. The molecule has 25 heavy (non-hydrogen) atoms. The number of aromatic nitrogens is 3. The quantitative estimate of drug-likeness (QED) is 0.764. The predicted molar refractivity (Wildman–Crippen MR) is 96.8 cm³/mol. The van der Waals surface area contributed by atoms with E-state index >= 15 is 0 Å². The summed E-state index contributed by atoms with van der Waals surface area (Å²) in [5.41, 5.74) is 1.66. The average molecular weight is 355 g/mol. The van der Waals surface area contributed by atoms with Gasteiger partial charge in [0.2, 0.25) is 0 Å². The van der Waals surface area contributed by atoms with Crippen LogP contribution in [0.25, 0.3) is 21.5 Å². The Balaban J connectivity index is 1.59. The molecule has 1 aliphatic rings. The summed E-state index contributed by atoms with van der Waals surface area (Å²) in [7, 11) is 0. The van der Waals surface area contributed by atoms with E-state index in [0.29, 0.717) is 32.1 Å². The maximum atomic E-state index is 12.3. The lowest BCUT2D eigenvalue weighted by Crippen LogP contribution is -2.43. The van der Waals surface area contributed by atoms with Crippen molar-refractivity contribution in [2.75, 3.05) is 31.6 Å². The van der Waals surface area contributed by atoms with Crippen molar-refractivity contribution in [3.05, 3.63) is 35.6 Å². The molecule has 128 valence electrons. The molecule has 0 atom stereocenters. The van der Waals surface area contributed by atoms with Crippen molar-refractivity contribution < 1.29 is 9.53 Å². The first-order valence-electron chi connectivity index (χ1n) is 8.02. The Kier molecular flexibility index (Phi) is 4.29. The van der Waals surface area contributed by atoms with E-state index in [9.17, 15) is 4.79 Å². The Morgan fingerprint density at radius 1 is 1.24 bits per heavy atom. The molecular formula is C17H17N5O2S. The lowest BCUT2D eigenvalue weighted by atomic mass is 10.2. The van der Waals surface area contributed by atoms with Crippen LogP contribution >= 0.6 is 11.3 Å². The number of aryl methyl sites for hydroxylation is 1. The lowest BCUT2D eigenvalue weighted by Gasteiger charge is -2.26. The van der Waals surface area contributed by atoms with Crippen LogP contribution in [0.5, 0.6) is 0 Å². The van der Waals surface area contributed by atoms with E-state index in [1.54, 1.807) is 28.5 Å². The summed E-state index contributed by atoms with van der Waals surface area (Å²) in [4.78, 5) is 28.3. The zero-order chi connectivity index (χ0) is 17.2. The third-order valence-corrected chi connectivity index (χ3v) is 4.92. The number of nitrogens with one attached hydrogen (secondary N) is 1. The van der Waals surface area contributed by atoms with Gasteiger partial charge in [-0.05, 0) is 19.1 Å². The molecule has 0 aromatic carbocycles. The summed E-state index contributed by atoms with van der Waals surface area (Å²) in [6.07, 6.45) is 3.55. The van der Waals surface area contributed by atoms with Crippen molar-refractivity contribution in [2.24, 2.45) is 0 Å². The van der Waals surface area contributed by atoms with Gasteiger partial charge in [-0.1, -0.05) is 0 Å². The number of carbonyl (C=O) groups is 1. The molecule has 4 heterocycles. The van der Waals surface area contributed by atoms with Gasteiger partial charge in [-0.15, -0.1) is 11.3 Å². The number of rotatable bonds is 2. The van der Waals surface area contributed by atoms with E-state index in [-0.39, 0.29) is 6.03 Å². The maximum Gasteiger partial charge on any atom is 0.323 e. The van der Waals surface area contributed by atoms with Gasteiger partial charge in [0.05, 0.1) is 34.3 Å². The number of morpholine rings is 1. The molecule has 3 aromatic rings. The first kappa shape index (κ1) is 15.9. The number of thiazole rings is 1. The Hall–Kier alpha value is -2.58. The number of anilines is 1. The molecule has 4 rings (SSSR count). The summed E-state index contributed by atoms with van der Waals surface area (Å²) in [6.45, 7) is 4.28. The minimum atomic E-state index is -0.163. The minimum Gasteiger partial charge on any atom is -0.378 e. The van der Waals surface area contributed by atoms with Gasteiger partial charge in [-0.2, -0.15) is 0 Å². The number of fused-ring (bicyclic) bond motifs is 1. The number of ether oxygens (including phenoxy) is 1. The fourth-order valence-corrected chi connectivity index (χ4v) is 3.40. The second-order valence-electron chi connectivity index (χ2n) is 5.73. The Bertz CT molecular complexity index is 920. The van der Waals surface area contributed by atoms with Crippen molar-refractivity contribution in [1.29, 1.82) is 0 Å². The fraction of sp³-hybridized carbons (Fsp3) is 0.294. The first-order chi connectivity index (χ1) is 12.2. The number of amides is 2. The summed E-state index contributed by atoms with van der Waals surface area (Å²) in [6, 6.07) is 5.57. The number of pyridine rings is 2. The molecule has 1 saturated heterocycles. The highest BCUT2D eigenvalue weighted by atomic mass is 32.1. The van der Waals surface area contributed by atoms with Crippen molar-refractivity contribution in [2.45, 2.75) is 6.92 Å². The molecule has 0 unspecified atom stereocenters. The zero-order valence-corrected chi connectivity index (χ0v) is 14.5. The molecule has 0 spiro atoms. The van der Waals surface area contributed by atoms with Crippen molar-refractivity contribution in [3.63, 3.8) is 0 Å². The van der Waals surface area contributed by atoms with Gasteiger partial charge in [-0.25, -0.2) is 19.7 Å². The number of hydrogen-bond acceptors (Lipinski definition) is 6. The van der Waals surface area contributed by atoms with Crippen LogP contribution in [0.4, 0.5) is 10.6 Å². The summed E-state index contributed by atoms with van der Waals surface area (Å²) >= 11 is 1.61. The van der Waals surface area contributed by atoms with E-state index in [0.717, 1.165) is 26.5 Å². The Labute approximate surface area is 148 Å². The SMILES string of the molecule is Cc1ncc(-c2ccc3cnc(NC(=O)N4CCOCC4)cc3n2)s1. The molecule has 2 amide bonds. The normalized spacial score (nSPS) is 14.7. The van der Waals surface area contributed by atoms with E-state index in [1.165, 1.54) is 0 Å². The van der Waals surface area contributed by atoms with Crippen LogP contribution in [0.15, 0.2) is 30.6 Å². The van der Waals surface area contributed by atoms with Crippen LogP contribution < -0.4 is 5.32 Å². The number of hydrogen-bond donors (Lipinski definition) is 1. The van der Waals surface area contributed by atoms with Gasteiger partial charge in [0.25, 0.3) is 0 Å². The molecule has 7 nitrogen and oxygen atoms in total. The third-order valence-electron chi connectivity index (χ3n) is 3.98. The van der Waals surface area contributed by atoms with Crippen LogP contribution in [0.1, 0.15) is 5.01 Å². The number of urea groups is 1. The highest BCUT2D eigenvalue weighted by Crippen LogP contribution is 2.26. The minimum absolute atomic E-state index is 0.163. The maximum absolute atomic E-state index is 12.3. The second-order valence-corrected chi connectivity index (χ2v) is 6.97. The largest absolute Gasteiger partial charge is 0.378 e. The van der Waals surface area contributed by atoms with Gasteiger partial charge in [0, 0.05) is 36.9 Å².